The zero-order valence-corrected chi connectivity index (χ0v) is 16.6. The molecule has 1 aromatic heterocycles. The monoisotopic (exact) mass is 451 g/mol. The van der Waals surface area contributed by atoms with Crippen LogP contribution in [-0.4, -0.2) is 54.8 Å². The lowest BCUT2D eigenvalue weighted by Gasteiger charge is -2.20. The fourth-order valence-corrected chi connectivity index (χ4v) is 3.85. The minimum Gasteiger partial charge on any atom is -0.493 e. The van der Waals surface area contributed by atoms with Crippen molar-refractivity contribution in [2.75, 3.05) is 25.6 Å². The Morgan fingerprint density at radius 1 is 1.00 bits per heavy atom. The number of rotatable bonds is 5. The molecule has 1 N–H and O–H groups in total. The summed E-state index contributed by atoms with van der Waals surface area (Å²) in [6.45, 7) is 0.107. The Morgan fingerprint density at radius 3 is 2.62 bits per heavy atom. The van der Waals surface area contributed by atoms with E-state index in [9.17, 15) is 17.6 Å². The quantitative estimate of drug-likeness (QED) is 0.469. The second-order valence-electron chi connectivity index (χ2n) is 7.36. The lowest BCUT2D eigenvalue weighted by molar-refractivity contribution is 0.0271. The number of fused-ring (bicyclic) bond motifs is 2. The van der Waals surface area contributed by atoms with E-state index < -0.39 is 41.9 Å². The highest BCUT2D eigenvalue weighted by Gasteiger charge is 2.49. The molecule has 3 heterocycles. The van der Waals surface area contributed by atoms with E-state index in [0.717, 1.165) is 12.1 Å². The largest absolute Gasteiger partial charge is 0.493 e. The van der Waals surface area contributed by atoms with Gasteiger partial charge < -0.3 is 24.3 Å². The van der Waals surface area contributed by atoms with Crippen LogP contribution in [0.2, 0.25) is 0 Å². The third kappa shape index (κ3) is 3.47. The molecule has 3 aromatic rings. The molecule has 32 heavy (non-hydrogen) atoms. The highest BCUT2D eigenvalue weighted by molar-refractivity contribution is 5.93. The number of aromatic nitrogens is 2. The Labute approximate surface area is 179 Å². The van der Waals surface area contributed by atoms with E-state index in [1.54, 1.807) is 12.1 Å². The van der Waals surface area contributed by atoms with Gasteiger partial charge in [0.1, 0.15) is 24.4 Å². The van der Waals surface area contributed by atoms with Gasteiger partial charge in [0.2, 0.25) is 0 Å². The molecule has 2 aromatic carbocycles. The first-order valence-corrected chi connectivity index (χ1v) is 9.73. The summed E-state index contributed by atoms with van der Waals surface area (Å²) in [7, 11) is 1.43. The summed E-state index contributed by atoms with van der Waals surface area (Å²) >= 11 is 0. The molecular formula is C21H17F4N3O4. The first-order chi connectivity index (χ1) is 15.5. The molecule has 0 aliphatic carbocycles. The van der Waals surface area contributed by atoms with Crippen molar-refractivity contribution < 1.29 is 36.5 Å². The first-order valence-electron chi connectivity index (χ1n) is 9.73. The van der Waals surface area contributed by atoms with E-state index in [4.69, 9.17) is 18.9 Å². The summed E-state index contributed by atoms with van der Waals surface area (Å²) in [4.78, 5) is 8.26. The van der Waals surface area contributed by atoms with Gasteiger partial charge in [0.25, 0.3) is 0 Å². The molecular weight excluding hydrogens is 434 g/mol. The molecule has 2 saturated heterocycles. The van der Waals surface area contributed by atoms with E-state index in [-0.39, 0.29) is 24.7 Å². The molecule has 0 saturated carbocycles. The minimum absolute atomic E-state index is 0.0488. The van der Waals surface area contributed by atoms with Gasteiger partial charge in [-0.2, -0.15) is 0 Å². The molecule has 11 heteroatoms. The van der Waals surface area contributed by atoms with Crippen molar-refractivity contribution in [2.24, 2.45) is 0 Å². The first kappa shape index (κ1) is 20.7. The predicted molar refractivity (Wildman–Crippen MR) is 104 cm³/mol. The van der Waals surface area contributed by atoms with Gasteiger partial charge in [0, 0.05) is 11.5 Å². The number of halogens is 4. The maximum Gasteiger partial charge on any atom is 0.196 e. The number of hydrogen-bond donors (Lipinski definition) is 1. The third-order valence-electron chi connectivity index (χ3n) is 5.43. The topological polar surface area (TPSA) is 74.7 Å². The standard InChI is InChI=1S/C21H17F4N3O4/c1-29-14-4-9-13(5-15(14)32-16-7-31-19-11(23)6-30-20(16)19)26-8-27-21(9)28-12-3-2-10(22)17(24)18(12)25/h2-5,8,11,16,19-20H,6-7H2,1H3,(H,26,27,28)/t11-,16?,19+,20+/m1/s1. The molecule has 0 bridgehead atoms. The van der Waals surface area contributed by atoms with Crippen LogP contribution >= 0.6 is 0 Å². The molecule has 4 atom stereocenters. The van der Waals surface area contributed by atoms with E-state index in [2.05, 4.69) is 15.3 Å². The fourth-order valence-electron chi connectivity index (χ4n) is 3.85. The number of nitrogens with one attached hydrogen (secondary N) is 1. The summed E-state index contributed by atoms with van der Waals surface area (Å²) in [6, 6.07) is 5.01. The Balaban J connectivity index is 1.47. The molecule has 5 rings (SSSR count). The molecule has 2 fully saturated rings. The van der Waals surface area contributed by atoms with E-state index in [1.807, 2.05) is 0 Å². The molecule has 1 unspecified atom stereocenters. The number of methoxy groups -OCH3 is 1. The van der Waals surface area contributed by atoms with Crippen LogP contribution in [-0.2, 0) is 9.47 Å². The Bertz CT molecular complexity index is 1180. The van der Waals surface area contributed by atoms with Crippen LogP contribution in [0.1, 0.15) is 0 Å². The Kier molecular flexibility index (Phi) is 5.22. The zero-order valence-electron chi connectivity index (χ0n) is 16.6. The summed E-state index contributed by atoms with van der Waals surface area (Å²) in [6.07, 6.45) is -1.73. The summed E-state index contributed by atoms with van der Waals surface area (Å²) in [5.41, 5.74) is 0.115. The summed E-state index contributed by atoms with van der Waals surface area (Å²) < 4.78 is 77.1. The van der Waals surface area contributed by atoms with E-state index in [1.165, 1.54) is 13.4 Å². The maximum absolute atomic E-state index is 14.1. The second-order valence-corrected chi connectivity index (χ2v) is 7.36. The van der Waals surface area contributed by atoms with Gasteiger partial charge in [0.05, 0.1) is 31.5 Å². The van der Waals surface area contributed by atoms with Crippen molar-refractivity contribution in [3.8, 4) is 11.5 Å². The van der Waals surface area contributed by atoms with Crippen molar-refractivity contribution in [1.29, 1.82) is 0 Å². The average Bonchev–Trinajstić information content (AvgIpc) is 3.37. The molecule has 0 radical (unpaired) electrons. The van der Waals surface area contributed by atoms with Crippen molar-refractivity contribution >= 4 is 22.4 Å². The number of anilines is 2. The Hall–Kier alpha value is -3.18. The number of nitrogens with zero attached hydrogens (tertiary/aromatic N) is 2. The molecule has 168 valence electrons. The third-order valence-corrected chi connectivity index (χ3v) is 5.43. The molecule has 0 spiro atoms. The summed E-state index contributed by atoms with van der Waals surface area (Å²) in [5.74, 6) is -3.49. The van der Waals surface area contributed by atoms with Crippen LogP contribution in [0.3, 0.4) is 0 Å². The van der Waals surface area contributed by atoms with Crippen LogP contribution in [0.15, 0.2) is 30.6 Å². The lowest BCUT2D eigenvalue weighted by Crippen LogP contribution is -2.33. The van der Waals surface area contributed by atoms with Crippen LogP contribution < -0.4 is 14.8 Å². The smallest absolute Gasteiger partial charge is 0.196 e. The van der Waals surface area contributed by atoms with Crippen LogP contribution in [0, 0.1) is 17.5 Å². The van der Waals surface area contributed by atoms with Gasteiger partial charge in [-0.15, -0.1) is 0 Å². The Morgan fingerprint density at radius 2 is 1.81 bits per heavy atom. The zero-order chi connectivity index (χ0) is 22.4. The number of alkyl halides is 1. The van der Waals surface area contributed by atoms with Crippen molar-refractivity contribution in [3.05, 3.63) is 48.0 Å². The van der Waals surface area contributed by atoms with E-state index in [0.29, 0.717) is 22.4 Å². The minimum atomic E-state index is -1.59. The van der Waals surface area contributed by atoms with Crippen molar-refractivity contribution in [2.45, 2.75) is 24.5 Å². The summed E-state index contributed by atoms with van der Waals surface area (Å²) in [5, 5.41) is 3.07. The van der Waals surface area contributed by atoms with Gasteiger partial charge in [-0.1, -0.05) is 0 Å². The van der Waals surface area contributed by atoms with Gasteiger partial charge in [-0.3, -0.25) is 0 Å². The SMILES string of the molecule is COc1cc2c(Nc3ccc(F)c(F)c3F)ncnc2cc1OC1CO[C@H]2[C@H](F)CO[C@@H]12. The fraction of sp³-hybridized carbons (Fsp3) is 0.333. The molecule has 2 aliphatic heterocycles. The van der Waals surface area contributed by atoms with Gasteiger partial charge in [0.15, 0.2) is 41.2 Å². The van der Waals surface area contributed by atoms with Gasteiger partial charge >= 0.3 is 0 Å². The lowest BCUT2D eigenvalue weighted by atomic mass is 10.1. The van der Waals surface area contributed by atoms with Crippen molar-refractivity contribution in [1.82, 2.24) is 9.97 Å². The van der Waals surface area contributed by atoms with Crippen LogP contribution in [0.4, 0.5) is 29.1 Å². The molecule has 2 aliphatic rings. The van der Waals surface area contributed by atoms with Gasteiger partial charge in [-0.05, 0) is 18.2 Å². The van der Waals surface area contributed by atoms with Gasteiger partial charge in [-0.25, -0.2) is 27.5 Å². The predicted octanol–water partition coefficient (Wildman–Crippen LogP) is 3.68. The highest BCUT2D eigenvalue weighted by Crippen LogP contribution is 2.38. The average molecular weight is 451 g/mol. The van der Waals surface area contributed by atoms with Crippen LogP contribution in [0.5, 0.6) is 11.5 Å². The number of ether oxygens (including phenoxy) is 4. The molecule has 0 amide bonds. The number of benzene rings is 2. The normalized spacial score (nSPS) is 24.5. The second kappa shape index (κ2) is 8.06. The maximum atomic E-state index is 14.1. The molecule has 7 nitrogen and oxygen atoms in total. The number of hydrogen-bond acceptors (Lipinski definition) is 7. The van der Waals surface area contributed by atoms with Crippen LogP contribution in [0.25, 0.3) is 10.9 Å². The van der Waals surface area contributed by atoms with E-state index >= 15 is 0 Å². The highest BCUT2D eigenvalue weighted by atomic mass is 19.2. The van der Waals surface area contributed by atoms with Crippen molar-refractivity contribution in [3.63, 3.8) is 0 Å².